The normalized spacial score (nSPS) is 14.4. The zero-order chi connectivity index (χ0) is 11.4. The lowest BCUT2D eigenvalue weighted by molar-refractivity contribution is 0.624. The monoisotopic (exact) mass is 210 g/mol. The van der Waals surface area contributed by atoms with Gasteiger partial charge < -0.3 is 0 Å². The fraction of sp³-hybridized carbons (Fsp3) is 0.250. The van der Waals surface area contributed by atoms with E-state index >= 15 is 0 Å². The molecule has 0 heterocycles. The van der Waals surface area contributed by atoms with Gasteiger partial charge in [-0.2, -0.15) is 0 Å². The molecule has 0 heteroatoms. The number of rotatable bonds is 3. The Kier molecular flexibility index (Phi) is 3.40. The lowest BCUT2D eigenvalue weighted by Crippen LogP contribution is -2.04. The van der Waals surface area contributed by atoms with E-state index in [4.69, 9.17) is 0 Å². The summed E-state index contributed by atoms with van der Waals surface area (Å²) in [6, 6.07) is 21.5. The van der Waals surface area contributed by atoms with Gasteiger partial charge in [0.2, 0.25) is 0 Å². The van der Waals surface area contributed by atoms with Gasteiger partial charge in [-0.1, -0.05) is 74.5 Å². The minimum absolute atomic E-state index is 0.559. The molecule has 0 aromatic heterocycles. The molecule has 0 bridgehead atoms. The molecule has 2 atom stereocenters. The SMILES string of the molecule is C[C@H](c1ccccc1)[C@@H](C)c1ccccc1. The Morgan fingerprint density at radius 1 is 0.562 bits per heavy atom. The van der Waals surface area contributed by atoms with Crippen molar-refractivity contribution in [2.75, 3.05) is 0 Å². The van der Waals surface area contributed by atoms with Crippen LogP contribution in [0.15, 0.2) is 60.7 Å². The van der Waals surface area contributed by atoms with Crippen molar-refractivity contribution in [1.29, 1.82) is 0 Å². The van der Waals surface area contributed by atoms with E-state index in [0.29, 0.717) is 11.8 Å². The maximum Gasteiger partial charge on any atom is -0.0124 e. The topological polar surface area (TPSA) is 0 Å². The van der Waals surface area contributed by atoms with Gasteiger partial charge in [-0.05, 0) is 23.0 Å². The molecule has 2 aromatic carbocycles. The molecule has 0 saturated heterocycles. The molecule has 0 unspecified atom stereocenters. The van der Waals surface area contributed by atoms with Crippen molar-refractivity contribution in [3.8, 4) is 0 Å². The molecule has 0 fully saturated rings. The van der Waals surface area contributed by atoms with Crippen molar-refractivity contribution in [2.24, 2.45) is 0 Å². The highest BCUT2D eigenvalue weighted by Crippen LogP contribution is 2.31. The molecule has 2 aromatic rings. The minimum atomic E-state index is 0.559. The Morgan fingerprint density at radius 3 is 1.19 bits per heavy atom. The third-order valence-corrected chi connectivity index (χ3v) is 3.40. The fourth-order valence-corrected chi connectivity index (χ4v) is 2.09. The number of hydrogen-bond donors (Lipinski definition) is 0. The Bertz CT molecular complexity index is 373. The number of hydrogen-bond acceptors (Lipinski definition) is 0. The van der Waals surface area contributed by atoms with Crippen molar-refractivity contribution in [3.63, 3.8) is 0 Å². The first-order valence-corrected chi connectivity index (χ1v) is 5.89. The van der Waals surface area contributed by atoms with Crippen LogP contribution < -0.4 is 0 Å². The summed E-state index contributed by atoms with van der Waals surface area (Å²) in [5.74, 6) is 1.12. The van der Waals surface area contributed by atoms with Crippen LogP contribution in [0.2, 0.25) is 0 Å². The van der Waals surface area contributed by atoms with Gasteiger partial charge in [-0.15, -0.1) is 0 Å². The lowest BCUT2D eigenvalue weighted by atomic mass is 9.84. The van der Waals surface area contributed by atoms with Crippen molar-refractivity contribution in [2.45, 2.75) is 25.7 Å². The maximum atomic E-state index is 2.30. The number of benzene rings is 2. The molecule has 82 valence electrons. The lowest BCUT2D eigenvalue weighted by Gasteiger charge is -2.20. The second-order valence-electron chi connectivity index (χ2n) is 4.40. The standard InChI is InChI=1S/C16H18/c1-13(15-9-5-3-6-10-15)14(2)16-11-7-4-8-12-16/h3-14H,1-2H3/t13-,14+. The van der Waals surface area contributed by atoms with Gasteiger partial charge in [-0.25, -0.2) is 0 Å². The van der Waals surface area contributed by atoms with Crippen LogP contribution in [-0.4, -0.2) is 0 Å². The van der Waals surface area contributed by atoms with E-state index in [1.165, 1.54) is 11.1 Å². The van der Waals surface area contributed by atoms with Gasteiger partial charge in [0.1, 0.15) is 0 Å². The third kappa shape index (κ3) is 2.33. The summed E-state index contributed by atoms with van der Waals surface area (Å²) in [5, 5.41) is 0. The molecule has 0 saturated carbocycles. The summed E-state index contributed by atoms with van der Waals surface area (Å²) in [6.07, 6.45) is 0. The molecule has 0 aliphatic heterocycles. The molecule has 0 amide bonds. The zero-order valence-electron chi connectivity index (χ0n) is 9.93. The maximum absolute atomic E-state index is 2.30. The second-order valence-corrected chi connectivity index (χ2v) is 4.40. The average Bonchev–Trinajstić information content (AvgIpc) is 2.39. The van der Waals surface area contributed by atoms with Crippen molar-refractivity contribution in [1.82, 2.24) is 0 Å². The van der Waals surface area contributed by atoms with Crippen LogP contribution in [0.5, 0.6) is 0 Å². The van der Waals surface area contributed by atoms with Crippen LogP contribution in [0.25, 0.3) is 0 Å². The second kappa shape index (κ2) is 4.98. The van der Waals surface area contributed by atoms with Gasteiger partial charge in [0.15, 0.2) is 0 Å². The van der Waals surface area contributed by atoms with Gasteiger partial charge in [0.05, 0.1) is 0 Å². The van der Waals surface area contributed by atoms with E-state index in [-0.39, 0.29) is 0 Å². The summed E-state index contributed by atoms with van der Waals surface area (Å²) in [6.45, 7) is 4.60. The highest BCUT2D eigenvalue weighted by molar-refractivity contribution is 5.27. The average molecular weight is 210 g/mol. The highest BCUT2D eigenvalue weighted by Gasteiger charge is 2.15. The van der Waals surface area contributed by atoms with E-state index < -0.39 is 0 Å². The summed E-state index contributed by atoms with van der Waals surface area (Å²) in [4.78, 5) is 0. The molecule has 0 nitrogen and oxygen atoms in total. The molecule has 0 radical (unpaired) electrons. The minimum Gasteiger partial charge on any atom is -0.0622 e. The Hall–Kier alpha value is -1.56. The summed E-state index contributed by atoms with van der Waals surface area (Å²) in [7, 11) is 0. The summed E-state index contributed by atoms with van der Waals surface area (Å²) in [5.41, 5.74) is 2.83. The molecule has 0 aliphatic rings. The predicted octanol–water partition coefficient (Wildman–Crippen LogP) is 4.59. The molecule has 0 spiro atoms. The van der Waals surface area contributed by atoms with Crippen LogP contribution >= 0.6 is 0 Å². The quantitative estimate of drug-likeness (QED) is 0.695. The summed E-state index contributed by atoms with van der Waals surface area (Å²) >= 11 is 0. The van der Waals surface area contributed by atoms with Crippen molar-refractivity contribution < 1.29 is 0 Å². The van der Waals surface area contributed by atoms with Crippen LogP contribution in [0.4, 0.5) is 0 Å². The van der Waals surface area contributed by atoms with Crippen LogP contribution in [0, 0.1) is 0 Å². The first-order chi connectivity index (χ1) is 7.79. The van der Waals surface area contributed by atoms with E-state index in [0.717, 1.165) is 0 Å². The molecule has 2 rings (SSSR count). The fourth-order valence-electron chi connectivity index (χ4n) is 2.09. The zero-order valence-corrected chi connectivity index (χ0v) is 9.93. The largest absolute Gasteiger partial charge is 0.0622 e. The highest BCUT2D eigenvalue weighted by atomic mass is 14.2. The molecule has 0 N–H and O–H groups in total. The Morgan fingerprint density at radius 2 is 0.875 bits per heavy atom. The molecule has 0 aliphatic carbocycles. The first-order valence-electron chi connectivity index (χ1n) is 5.89. The van der Waals surface area contributed by atoms with E-state index in [2.05, 4.69) is 74.5 Å². The smallest absolute Gasteiger partial charge is 0.0124 e. The van der Waals surface area contributed by atoms with Crippen LogP contribution in [-0.2, 0) is 0 Å². The van der Waals surface area contributed by atoms with Crippen LogP contribution in [0.1, 0.15) is 36.8 Å². The van der Waals surface area contributed by atoms with Crippen molar-refractivity contribution >= 4 is 0 Å². The first kappa shape index (κ1) is 10.9. The Labute approximate surface area is 97.9 Å². The molecule has 16 heavy (non-hydrogen) atoms. The van der Waals surface area contributed by atoms with E-state index in [1.807, 2.05) is 0 Å². The van der Waals surface area contributed by atoms with Crippen molar-refractivity contribution in [3.05, 3.63) is 71.8 Å². The van der Waals surface area contributed by atoms with E-state index in [1.54, 1.807) is 0 Å². The van der Waals surface area contributed by atoms with Gasteiger partial charge in [0.25, 0.3) is 0 Å². The van der Waals surface area contributed by atoms with Crippen LogP contribution in [0.3, 0.4) is 0 Å². The van der Waals surface area contributed by atoms with Gasteiger partial charge >= 0.3 is 0 Å². The van der Waals surface area contributed by atoms with Gasteiger partial charge in [0, 0.05) is 0 Å². The van der Waals surface area contributed by atoms with E-state index in [9.17, 15) is 0 Å². The molecular formula is C16H18. The van der Waals surface area contributed by atoms with Gasteiger partial charge in [-0.3, -0.25) is 0 Å². The summed E-state index contributed by atoms with van der Waals surface area (Å²) < 4.78 is 0. The predicted molar refractivity (Wildman–Crippen MR) is 69.7 cm³/mol. The third-order valence-electron chi connectivity index (χ3n) is 3.40. The Balaban J connectivity index is 2.20. The molecular weight excluding hydrogens is 192 g/mol.